The van der Waals surface area contributed by atoms with Gasteiger partial charge in [-0.25, -0.2) is 0 Å². The third-order valence-electron chi connectivity index (χ3n) is 5.92. The lowest BCUT2D eigenvalue weighted by atomic mass is 10.0. The van der Waals surface area contributed by atoms with Gasteiger partial charge in [-0.15, -0.1) is 0 Å². The molecule has 1 fully saturated rings. The predicted octanol–water partition coefficient (Wildman–Crippen LogP) is 6.80. The molecule has 1 amide bonds. The van der Waals surface area contributed by atoms with Crippen LogP contribution in [0.15, 0.2) is 0 Å². The van der Waals surface area contributed by atoms with E-state index in [9.17, 15) is 9.59 Å². The Kier molecular flexibility index (Phi) is 15.9. The van der Waals surface area contributed by atoms with Crippen molar-refractivity contribution < 1.29 is 14.3 Å². The molecular formula is C25H47NO3. The van der Waals surface area contributed by atoms with Crippen LogP contribution in [0.1, 0.15) is 129 Å². The summed E-state index contributed by atoms with van der Waals surface area (Å²) in [6.07, 6.45) is 22.1. The van der Waals surface area contributed by atoms with Crippen LogP contribution in [0.5, 0.6) is 0 Å². The van der Waals surface area contributed by atoms with E-state index in [4.69, 9.17) is 4.74 Å². The van der Waals surface area contributed by atoms with Crippen LogP contribution in [0.25, 0.3) is 0 Å². The number of unbranched alkanes of at least 4 members (excludes halogenated alkanes) is 14. The van der Waals surface area contributed by atoms with Gasteiger partial charge in [-0.2, -0.15) is 0 Å². The van der Waals surface area contributed by atoms with Gasteiger partial charge in [0, 0.05) is 19.4 Å². The van der Waals surface area contributed by atoms with Crippen molar-refractivity contribution in [3.05, 3.63) is 0 Å². The summed E-state index contributed by atoms with van der Waals surface area (Å²) in [5.74, 6) is 0.0884. The Morgan fingerprint density at radius 3 is 1.66 bits per heavy atom. The van der Waals surface area contributed by atoms with Gasteiger partial charge in [0.05, 0.1) is 6.04 Å². The topological polar surface area (TPSA) is 46.4 Å². The minimum atomic E-state index is -0.144. The maximum Gasteiger partial charge on any atom is 0.305 e. The van der Waals surface area contributed by atoms with Crippen molar-refractivity contribution >= 4 is 11.9 Å². The number of carbonyl (C=O) groups excluding carboxylic acids is 2. The predicted molar refractivity (Wildman–Crippen MR) is 121 cm³/mol. The van der Waals surface area contributed by atoms with E-state index in [1.54, 1.807) is 0 Å². The van der Waals surface area contributed by atoms with E-state index < -0.39 is 0 Å². The zero-order valence-electron chi connectivity index (χ0n) is 19.4. The first-order valence-corrected chi connectivity index (χ1v) is 12.6. The van der Waals surface area contributed by atoms with Crippen molar-refractivity contribution in [3.8, 4) is 0 Å². The fourth-order valence-electron chi connectivity index (χ4n) is 3.88. The highest BCUT2D eigenvalue weighted by molar-refractivity contribution is 5.79. The number of ether oxygens (including phenoxy) is 1. The Morgan fingerprint density at radius 1 is 0.690 bits per heavy atom. The maximum absolute atomic E-state index is 12.1. The molecule has 1 rings (SSSR count). The lowest BCUT2D eigenvalue weighted by Gasteiger charge is -2.06. The minimum absolute atomic E-state index is 0.139. The molecule has 0 aromatic rings. The fraction of sp³-hybridized carbons (Fsp3) is 0.920. The van der Waals surface area contributed by atoms with Crippen molar-refractivity contribution in [2.45, 2.75) is 135 Å². The smallest absolute Gasteiger partial charge is 0.305 e. The highest BCUT2D eigenvalue weighted by atomic mass is 16.5. The first-order chi connectivity index (χ1) is 14.2. The quantitative estimate of drug-likeness (QED) is 0.126. The molecule has 4 heteroatoms. The van der Waals surface area contributed by atoms with Crippen molar-refractivity contribution in [2.75, 3.05) is 13.2 Å². The number of hydrogen-bond acceptors (Lipinski definition) is 3. The number of carbonyl (C=O) groups is 2. The molecule has 170 valence electrons. The van der Waals surface area contributed by atoms with Crippen LogP contribution in [0, 0.1) is 0 Å². The molecular weight excluding hydrogens is 362 g/mol. The summed E-state index contributed by atoms with van der Waals surface area (Å²) >= 11 is 0. The SMILES string of the molecule is CCCCCCCCCCCCCCCCCC(=O)N1C[C@H]1COC(=O)CCC. The molecule has 0 N–H and O–H groups in total. The molecule has 1 heterocycles. The second kappa shape index (κ2) is 17.8. The van der Waals surface area contributed by atoms with Gasteiger partial charge in [0.1, 0.15) is 6.61 Å². The molecule has 0 aromatic heterocycles. The second-order valence-electron chi connectivity index (χ2n) is 8.83. The number of amides is 1. The van der Waals surface area contributed by atoms with Crippen LogP contribution in [-0.2, 0) is 14.3 Å². The molecule has 0 radical (unpaired) electrons. The van der Waals surface area contributed by atoms with E-state index >= 15 is 0 Å². The Morgan fingerprint density at radius 2 is 1.17 bits per heavy atom. The zero-order valence-corrected chi connectivity index (χ0v) is 19.4. The maximum atomic E-state index is 12.1. The third kappa shape index (κ3) is 14.5. The summed E-state index contributed by atoms with van der Waals surface area (Å²) in [7, 11) is 0. The van der Waals surface area contributed by atoms with Gasteiger partial charge in [0.25, 0.3) is 0 Å². The molecule has 0 unspecified atom stereocenters. The summed E-state index contributed by atoms with van der Waals surface area (Å²) in [6, 6.07) is 0.139. The van der Waals surface area contributed by atoms with Crippen LogP contribution >= 0.6 is 0 Å². The van der Waals surface area contributed by atoms with Crippen molar-refractivity contribution in [1.82, 2.24) is 4.90 Å². The summed E-state index contributed by atoms with van der Waals surface area (Å²) in [6.45, 7) is 5.38. The molecule has 0 saturated carbocycles. The van der Waals surface area contributed by atoms with Gasteiger partial charge < -0.3 is 9.64 Å². The molecule has 0 spiro atoms. The van der Waals surface area contributed by atoms with Crippen LogP contribution < -0.4 is 0 Å². The molecule has 0 bridgehead atoms. The highest BCUT2D eigenvalue weighted by Gasteiger charge is 2.38. The Balaban J connectivity index is 1.79. The lowest BCUT2D eigenvalue weighted by Crippen LogP contribution is -2.17. The monoisotopic (exact) mass is 409 g/mol. The molecule has 4 nitrogen and oxygen atoms in total. The van der Waals surface area contributed by atoms with E-state index in [0.717, 1.165) is 25.8 Å². The minimum Gasteiger partial charge on any atom is -0.463 e. The summed E-state index contributed by atoms with van der Waals surface area (Å²) in [5, 5.41) is 0. The van der Waals surface area contributed by atoms with Gasteiger partial charge in [-0.05, 0) is 12.8 Å². The van der Waals surface area contributed by atoms with Gasteiger partial charge in [0.2, 0.25) is 5.91 Å². The van der Waals surface area contributed by atoms with Crippen molar-refractivity contribution in [2.24, 2.45) is 0 Å². The van der Waals surface area contributed by atoms with Gasteiger partial charge in [-0.1, -0.05) is 104 Å². The van der Waals surface area contributed by atoms with Crippen molar-refractivity contribution in [1.29, 1.82) is 0 Å². The Bertz CT molecular complexity index is 424. The normalized spacial score (nSPS) is 15.5. The zero-order chi connectivity index (χ0) is 21.2. The molecule has 29 heavy (non-hydrogen) atoms. The van der Waals surface area contributed by atoms with Gasteiger partial charge >= 0.3 is 5.97 Å². The third-order valence-corrected chi connectivity index (χ3v) is 5.92. The molecule has 1 aliphatic rings. The Hall–Kier alpha value is -1.06. The average Bonchev–Trinajstić information content (AvgIpc) is 3.49. The number of hydrogen-bond donors (Lipinski definition) is 0. The molecule has 0 aromatic carbocycles. The molecule has 0 aliphatic carbocycles. The van der Waals surface area contributed by atoms with E-state index in [2.05, 4.69) is 6.92 Å². The van der Waals surface area contributed by atoms with E-state index in [0.29, 0.717) is 19.4 Å². The summed E-state index contributed by atoms with van der Waals surface area (Å²) in [4.78, 5) is 25.3. The van der Waals surface area contributed by atoms with E-state index in [1.807, 2.05) is 11.8 Å². The van der Waals surface area contributed by atoms with Gasteiger partial charge in [-0.3, -0.25) is 9.59 Å². The van der Waals surface area contributed by atoms with Crippen LogP contribution in [0.2, 0.25) is 0 Å². The standard InChI is InChI=1S/C25H47NO3/c1-3-5-6-7-8-9-10-11-12-13-14-15-16-17-18-20-24(27)26-21-23(26)22-29-25(28)19-4-2/h23H,3-22H2,1-2H3/t23-,26?/m0/s1. The number of nitrogens with zero attached hydrogens (tertiary/aromatic N) is 1. The van der Waals surface area contributed by atoms with Crippen LogP contribution in [-0.4, -0.2) is 36.0 Å². The summed E-state index contributed by atoms with van der Waals surface area (Å²) in [5.41, 5.74) is 0. The van der Waals surface area contributed by atoms with E-state index in [1.165, 1.54) is 83.5 Å². The average molecular weight is 410 g/mol. The molecule has 1 saturated heterocycles. The van der Waals surface area contributed by atoms with Crippen molar-refractivity contribution in [3.63, 3.8) is 0 Å². The van der Waals surface area contributed by atoms with E-state index in [-0.39, 0.29) is 17.9 Å². The number of esters is 1. The fourth-order valence-corrected chi connectivity index (χ4v) is 3.88. The molecule has 1 atom stereocenters. The van der Waals surface area contributed by atoms with Gasteiger partial charge in [0.15, 0.2) is 0 Å². The largest absolute Gasteiger partial charge is 0.463 e. The molecule has 1 aliphatic heterocycles. The van der Waals surface area contributed by atoms with Crippen LogP contribution in [0.3, 0.4) is 0 Å². The Labute approximate surface area is 180 Å². The first-order valence-electron chi connectivity index (χ1n) is 12.6. The second-order valence-corrected chi connectivity index (χ2v) is 8.83. The lowest BCUT2D eigenvalue weighted by molar-refractivity contribution is -0.144. The highest BCUT2D eigenvalue weighted by Crippen LogP contribution is 2.21. The van der Waals surface area contributed by atoms with Crippen LogP contribution in [0.4, 0.5) is 0 Å². The number of rotatable bonds is 20. The summed E-state index contributed by atoms with van der Waals surface area (Å²) < 4.78 is 5.19. The first kappa shape index (κ1) is 26.0.